The minimum Gasteiger partial charge on any atom is -0.376 e. The van der Waals surface area contributed by atoms with Gasteiger partial charge in [-0.1, -0.05) is 12.1 Å². The van der Waals surface area contributed by atoms with E-state index in [9.17, 15) is 13.6 Å². The van der Waals surface area contributed by atoms with Gasteiger partial charge in [-0.25, -0.2) is 8.78 Å². The monoisotopic (exact) mass is 346 g/mol. The molecule has 7 heteroatoms. The SMILES string of the molecule is Cl.O=C(Nc1cccc(COCC2CC2)c1)C1CC(F)(F)CN1. The summed E-state index contributed by atoms with van der Waals surface area (Å²) in [6.07, 6.45) is 2.03. The molecule has 2 fully saturated rings. The van der Waals surface area contributed by atoms with E-state index in [1.165, 1.54) is 12.8 Å². The van der Waals surface area contributed by atoms with Crippen LogP contribution in [0, 0.1) is 5.92 Å². The zero-order chi connectivity index (χ0) is 15.6. The van der Waals surface area contributed by atoms with Gasteiger partial charge in [0.25, 0.3) is 5.92 Å². The molecule has 2 N–H and O–H groups in total. The van der Waals surface area contributed by atoms with Crippen molar-refractivity contribution >= 4 is 24.0 Å². The number of hydrogen-bond acceptors (Lipinski definition) is 3. The third kappa shape index (κ3) is 5.41. The number of amides is 1. The molecule has 1 amide bonds. The van der Waals surface area contributed by atoms with Crippen LogP contribution in [-0.4, -0.2) is 31.0 Å². The van der Waals surface area contributed by atoms with Crippen LogP contribution in [0.1, 0.15) is 24.8 Å². The molecule has 23 heavy (non-hydrogen) atoms. The van der Waals surface area contributed by atoms with E-state index in [1.54, 1.807) is 6.07 Å². The topological polar surface area (TPSA) is 50.4 Å². The van der Waals surface area contributed by atoms with Gasteiger partial charge < -0.3 is 10.1 Å². The van der Waals surface area contributed by atoms with Crippen LogP contribution >= 0.6 is 12.4 Å². The number of nitrogens with one attached hydrogen (secondary N) is 2. The molecule has 0 bridgehead atoms. The van der Waals surface area contributed by atoms with E-state index in [0.717, 1.165) is 12.2 Å². The molecule has 4 nitrogen and oxygen atoms in total. The molecule has 0 radical (unpaired) electrons. The minimum atomic E-state index is -2.81. The lowest BCUT2D eigenvalue weighted by atomic mass is 10.1. The maximum atomic E-state index is 13.1. The van der Waals surface area contributed by atoms with E-state index in [4.69, 9.17) is 4.74 Å². The molecule has 0 aromatic heterocycles. The van der Waals surface area contributed by atoms with Crippen LogP contribution in [0.2, 0.25) is 0 Å². The van der Waals surface area contributed by atoms with Gasteiger partial charge in [-0.05, 0) is 36.5 Å². The van der Waals surface area contributed by atoms with Gasteiger partial charge in [0, 0.05) is 18.7 Å². The first kappa shape index (κ1) is 18.1. The highest BCUT2D eigenvalue weighted by Gasteiger charge is 2.42. The summed E-state index contributed by atoms with van der Waals surface area (Å²) in [6.45, 7) is 0.831. The van der Waals surface area contributed by atoms with E-state index < -0.39 is 30.8 Å². The van der Waals surface area contributed by atoms with Crippen molar-refractivity contribution in [3.05, 3.63) is 29.8 Å². The molecule has 1 heterocycles. The van der Waals surface area contributed by atoms with Crippen molar-refractivity contribution in [3.63, 3.8) is 0 Å². The molecular weight excluding hydrogens is 326 g/mol. The fraction of sp³-hybridized carbons (Fsp3) is 0.562. The Hall–Kier alpha value is -1.24. The van der Waals surface area contributed by atoms with Crippen molar-refractivity contribution in [1.82, 2.24) is 5.32 Å². The van der Waals surface area contributed by atoms with Crippen molar-refractivity contribution < 1.29 is 18.3 Å². The molecule has 3 rings (SSSR count). The van der Waals surface area contributed by atoms with Gasteiger partial charge in [-0.15, -0.1) is 12.4 Å². The number of carbonyl (C=O) groups excluding carboxylic acids is 1. The van der Waals surface area contributed by atoms with Gasteiger partial charge in [0.2, 0.25) is 5.91 Å². The molecule has 0 spiro atoms. The molecule has 1 aromatic rings. The minimum absolute atomic E-state index is 0. The number of rotatable bonds is 6. The maximum Gasteiger partial charge on any atom is 0.262 e. The normalized spacial score (nSPS) is 22.4. The van der Waals surface area contributed by atoms with Crippen molar-refractivity contribution in [3.8, 4) is 0 Å². The predicted octanol–water partition coefficient (Wildman–Crippen LogP) is 2.97. The number of anilines is 1. The average molecular weight is 347 g/mol. The van der Waals surface area contributed by atoms with Crippen LogP contribution in [0.25, 0.3) is 0 Å². The van der Waals surface area contributed by atoms with Crippen molar-refractivity contribution in [2.75, 3.05) is 18.5 Å². The van der Waals surface area contributed by atoms with E-state index in [2.05, 4.69) is 10.6 Å². The fourth-order valence-electron chi connectivity index (χ4n) is 2.50. The van der Waals surface area contributed by atoms with Gasteiger partial charge >= 0.3 is 0 Å². The molecule has 1 saturated carbocycles. The largest absolute Gasteiger partial charge is 0.376 e. The third-order valence-corrected chi connectivity index (χ3v) is 3.94. The first-order valence-electron chi connectivity index (χ1n) is 7.61. The molecule has 2 aliphatic rings. The Balaban J connectivity index is 0.00000192. The Bertz CT molecular complexity index is 553. The summed E-state index contributed by atoms with van der Waals surface area (Å²) in [5.41, 5.74) is 1.57. The molecule has 1 aliphatic heterocycles. The molecule has 1 aliphatic carbocycles. The number of benzene rings is 1. The summed E-state index contributed by atoms with van der Waals surface area (Å²) in [6, 6.07) is 6.46. The predicted molar refractivity (Wildman–Crippen MR) is 86.1 cm³/mol. The Kier molecular flexibility index (Phi) is 5.95. The Morgan fingerprint density at radius 3 is 2.83 bits per heavy atom. The number of halogens is 3. The van der Waals surface area contributed by atoms with Crippen molar-refractivity contribution in [2.24, 2.45) is 5.92 Å². The summed E-state index contributed by atoms with van der Waals surface area (Å²) in [5, 5.41) is 5.23. The number of hydrogen-bond donors (Lipinski definition) is 2. The first-order valence-corrected chi connectivity index (χ1v) is 7.61. The summed E-state index contributed by atoms with van der Waals surface area (Å²) >= 11 is 0. The second kappa shape index (κ2) is 7.55. The smallest absolute Gasteiger partial charge is 0.262 e. The highest BCUT2D eigenvalue weighted by atomic mass is 35.5. The molecule has 1 aromatic carbocycles. The van der Waals surface area contributed by atoms with Crippen LogP contribution in [0.5, 0.6) is 0 Å². The highest BCUT2D eigenvalue weighted by Crippen LogP contribution is 2.29. The first-order chi connectivity index (χ1) is 10.5. The van der Waals surface area contributed by atoms with Crippen LogP contribution in [0.4, 0.5) is 14.5 Å². The van der Waals surface area contributed by atoms with E-state index in [1.807, 2.05) is 18.2 Å². The third-order valence-electron chi connectivity index (χ3n) is 3.94. The van der Waals surface area contributed by atoms with Crippen LogP contribution in [0.3, 0.4) is 0 Å². The van der Waals surface area contributed by atoms with Gasteiger partial charge in [-0.3, -0.25) is 10.1 Å². The van der Waals surface area contributed by atoms with Gasteiger partial charge in [0.1, 0.15) is 0 Å². The van der Waals surface area contributed by atoms with Crippen LogP contribution < -0.4 is 10.6 Å². The number of alkyl halides is 2. The molecule has 1 atom stereocenters. The lowest BCUT2D eigenvalue weighted by Crippen LogP contribution is -2.35. The Morgan fingerprint density at radius 1 is 1.39 bits per heavy atom. The Morgan fingerprint density at radius 2 is 2.17 bits per heavy atom. The zero-order valence-electron chi connectivity index (χ0n) is 12.7. The summed E-state index contributed by atoms with van der Waals surface area (Å²) < 4.78 is 31.8. The zero-order valence-corrected chi connectivity index (χ0v) is 13.5. The second-order valence-corrected chi connectivity index (χ2v) is 6.14. The van der Waals surface area contributed by atoms with E-state index in [0.29, 0.717) is 18.2 Å². The fourth-order valence-corrected chi connectivity index (χ4v) is 2.50. The lowest BCUT2D eigenvalue weighted by molar-refractivity contribution is -0.118. The molecule has 128 valence electrons. The number of ether oxygens (including phenoxy) is 1. The lowest BCUT2D eigenvalue weighted by Gasteiger charge is -2.12. The average Bonchev–Trinajstić information content (AvgIpc) is 3.21. The quantitative estimate of drug-likeness (QED) is 0.832. The van der Waals surface area contributed by atoms with Crippen molar-refractivity contribution in [1.29, 1.82) is 0 Å². The van der Waals surface area contributed by atoms with Gasteiger partial charge in [-0.2, -0.15) is 0 Å². The second-order valence-electron chi connectivity index (χ2n) is 6.14. The van der Waals surface area contributed by atoms with Crippen molar-refractivity contribution in [2.45, 2.75) is 37.8 Å². The van der Waals surface area contributed by atoms with Gasteiger partial charge in [0.15, 0.2) is 0 Å². The maximum absolute atomic E-state index is 13.1. The molecule has 1 unspecified atom stereocenters. The highest BCUT2D eigenvalue weighted by molar-refractivity contribution is 5.95. The summed E-state index contributed by atoms with van der Waals surface area (Å²) in [4.78, 5) is 12.0. The Labute approximate surface area is 140 Å². The van der Waals surface area contributed by atoms with Crippen LogP contribution in [0.15, 0.2) is 24.3 Å². The van der Waals surface area contributed by atoms with E-state index in [-0.39, 0.29) is 12.4 Å². The number of carbonyl (C=O) groups is 1. The van der Waals surface area contributed by atoms with Gasteiger partial charge in [0.05, 0.1) is 19.2 Å². The standard InChI is InChI=1S/C16H20F2N2O2.ClH/c17-16(18)7-14(19-10-16)15(21)20-13-3-1-2-12(6-13)9-22-8-11-4-5-11;/h1-3,6,11,14,19H,4-5,7-10H2,(H,20,21);1H. The summed E-state index contributed by atoms with van der Waals surface area (Å²) in [5.74, 6) is -2.52. The molecular formula is C16H21ClF2N2O2. The molecule has 1 saturated heterocycles. The van der Waals surface area contributed by atoms with Crippen LogP contribution in [-0.2, 0) is 16.1 Å². The van der Waals surface area contributed by atoms with E-state index >= 15 is 0 Å². The summed E-state index contributed by atoms with van der Waals surface area (Å²) in [7, 11) is 0.